The van der Waals surface area contributed by atoms with Gasteiger partial charge in [0, 0.05) is 18.6 Å². The van der Waals surface area contributed by atoms with Crippen molar-refractivity contribution in [2.24, 2.45) is 0 Å². The van der Waals surface area contributed by atoms with Crippen LogP contribution >= 0.6 is 0 Å². The van der Waals surface area contributed by atoms with Gasteiger partial charge >= 0.3 is 0 Å². The van der Waals surface area contributed by atoms with Gasteiger partial charge in [-0.25, -0.2) is 9.67 Å². The zero-order valence-electron chi connectivity index (χ0n) is 16.4. The normalized spacial score (nSPS) is 11.8. The van der Waals surface area contributed by atoms with Gasteiger partial charge in [0.05, 0.1) is 6.04 Å². The Labute approximate surface area is 174 Å². The van der Waals surface area contributed by atoms with Gasteiger partial charge in [-0.3, -0.25) is 4.79 Å². The highest BCUT2D eigenvalue weighted by atomic mass is 16.3. The summed E-state index contributed by atoms with van der Waals surface area (Å²) < 4.78 is 1.40. The average Bonchev–Trinajstić information content (AvgIpc) is 3.33. The molecule has 4 rings (SSSR count). The first-order chi connectivity index (χ1) is 14.7. The Bertz CT molecular complexity index is 1140. The van der Waals surface area contributed by atoms with Gasteiger partial charge in [0.25, 0.3) is 11.9 Å². The van der Waals surface area contributed by atoms with Crippen LogP contribution in [0.4, 0.5) is 0 Å². The number of aromatic hydroxyl groups is 1. The summed E-state index contributed by atoms with van der Waals surface area (Å²) in [6.45, 7) is 2.07. The first-order valence-electron chi connectivity index (χ1n) is 9.58. The molecule has 0 bridgehead atoms. The summed E-state index contributed by atoms with van der Waals surface area (Å²) in [6, 6.07) is 19.8. The Kier molecular flexibility index (Phi) is 5.52. The van der Waals surface area contributed by atoms with Gasteiger partial charge in [0.15, 0.2) is 0 Å². The molecule has 0 unspecified atom stereocenters. The molecule has 0 fully saturated rings. The van der Waals surface area contributed by atoms with Gasteiger partial charge in [-0.05, 0) is 41.3 Å². The molecule has 2 N–H and O–H groups in total. The second kappa shape index (κ2) is 8.57. The van der Waals surface area contributed by atoms with E-state index in [2.05, 4.69) is 33.4 Å². The van der Waals surface area contributed by atoms with Crippen molar-refractivity contribution in [3.63, 3.8) is 0 Å². The van der Waals surface area contributed by atoms with E-state index in [-0.39, 0.29) is 11.5 Å². The van der Waals surface area contributed by atoms with Gasteiger partial charge in [-0.15, -0.1) is 0 Å². The minimum Gasteiger partial charge on any atom is -0.493 e. The molecule has 1 amide bonds. The van der Waals surface area contributed by atoms with Crippen LogP contribution in [0.15, 0.2) is 73.2 Å². The van der Waals surface area contributed by atoms with E-state index in [4.69, 9.17) is 0 Å². The maximum Gasteiger partial charge on any atom is 0.259 e. The summed E-state index contributed by atoms with van der Waals surface area (Å²) >= 11 is 0. The molecule has 7 heteroatoms. The number of amides is 1. The van der Waals surface area contributed by atoms with E-state index in [1.54, 1.807) is 18.5 Å². The maximum atomic E-state index is 13.0. The summed E-state index contributed by atoms with van der Waals surface area (Å²) in [5, 5.41) is 17.4. The molecular formula is C23H20N5O2. The number of hydrogen-bond donors (Lipinski definition) is 2. The van der Waals surface area contributed by atoms with Crippen molar-refractivity contribution >= 4 is 5.91 Å². The molecule has 0 aliphatic heterocycles. The number of aryl methyl sites for hydroxylation is 1. The molecule has 2 aromatic heterocycles. The Morgan fingerprint density at radius 3 is 2.77 bits per heavy atom. The van der Waals surface area contributed by atoms with Crippen LogP contribution in [0.2, 0.25) is 0 Å². The smallest absolute Gasteiger partial charge is 0.259 e. The third kappa shape index (κ3) is 3.91. The Morgan fingerprint density at radius 1 is 1.23 bits per heavy atom. The maximum absolute atomic E-state index is 13.0. The number of nitrogens with zero attached hydrogens (tertiary/aromatic N) is 4. The van der Waals surface area contributed by atoms with Crippen LogP contribution in [-0.2, 0) is 6.42 Å². The molecule has 7 nitrogen and oxygen atoms in total. The van der Waals surface area contributed by atoms with Gasteiger partial charge in [0.1, 0.15) is 5.56 Å². The average molecular weight is 398 g/mol. The fraction of sp³-hybridized carbons (Fsp3) is 0.130. The lowest BCUT2D eigenvalue weighted by Crippen LogP contribution is -2.30. The minimum atomic E-state index is -0.473. The van der Waals surface area contributed by atoms with E-state index in [1.807, 2.05) is 48.5 Å². The first kappa shape index (κ1) is 19.3. The number of nitrogens with one attached hydrogen (secondary N) is 1. The van der Waals surface area contributed by atoms with Crippen LogP contribution in [0.25, 0.3) is 5.95 Å². The first-order valence-corrected chi connectivity index (χ1v) is 9.58. The Morgan fingerprint density at radius 2 is 2.07 bits per heavy atom. The highest BCUT2D eigenvalue weighted by Gasteiger charge is 2.22. The topological polar surface area (TPSA) is 92.9 Å². The molecule has 0 spiro atoms. The van der Waals surface area contributed by atoms with E-state index < -0.39 is 17.8 Å². The summed E-state index contributed by atoms with van der Waals surface area (Å²) in [5.74, 6) is -0.700. The van der Waals surface area contributed by atoms with Crippen molar-refractivity contribution in [3.8, 4) is 11.8 Å². The van der Waals surface area contributed by atoms with Crippen LogP contribution in [0.1, 0.15) is 40.0 Å². The third-order valence-corrected chi connectivity index (χ3v) is 4.80. The molecule has 30 heavy (non-hydrogen) atoms. The van der Waals surface area contributed by atoms with Crippen molar-refractivity contribution in [2.45, 2.75) is 19.4 Å². The standard InChI is InChI=1S/C23H20N5O2/c1-2-16-9-6-7-12-18(16)20(17-10-4-3-5-11-17)26-21(29)19-15-24-23(27-22(19)30)28-14-8-13-25-28/h3-6,8-15,20H,2H2,1H3,(H,26,29)(H,24,27,30)/t20-/m1/s1. The molecule has 0 aliphatic rings. The van der Waals surface area contributed by atoms with Crippen molar-refractivity contribution in [1.29, 1.82) is 0 Å². The predicted molar refractivity (Wildman–Crippen MR) is 111 cm³/mol. The predicted octanol–water partition coefficient (Wildman–Crippen LogP) is 3.25. The third-order valence-electron chi connectivity index (χ3n) is 4.80. The fourth-order valence-corrected chi connectivity index (χ4v) is 3.28. The second-order valence-electron chi connectivity index (χ2n) is 6.65. The molecule has 0 saturated carbocycles. The number of hydrogen-bond acceptors (Lipinski definition) is 5. The summed E-state index contributed by atoms with van der Waals surface area (Å²) in [5.41, 5.74) is 2.98. The quantitative estimate of drug-likeness (QED) is 0.520. The summed E-state index contributed by atoms with van der Waals surface area (Å²) in [4.78, 5) is 21.2. The molecule has 0 saturated heterocycles. The van der Waals surface area contributed by atoms with Crippen LogP contribution in [0.5, 0.6) is 5.88 Å². The number of rotatable bonds is 6. The van der Waals surface area contributed by atoms with Gasteiger partial charge < -0.3 is 10.4 Å². The molecule has 2 heterocycles. The van der Waals surface area contributed by atoms with Crippen molar-refractivity contribution in [3.05, 3.63) is 102 Å². The second-order valence-corrected chi connectivity index (χ2v) is 6.65. The van der Waals surface area contributed by atoms with E-state index in [9.17, 15) is 9.90 Å². The van der Waals surface area contributed by atoms with E-state index in [1.165, 1.54) is 10.9 Å². The Hall–Kier alpha value is -4.00. The number of carbonyl (C=O) groups is 1. The van der Waals surface area contributed by atoms with Crippen molar-refractivity contribution < 1.29 is 9.90 Å². The molecule has 1 radical (unpaired) electrons. The SMILES string of the molecule is CCc1cc[c]cc1[C@H](NC(=O)c1cnc(-n2cccn2)nc1O)c1ccccc1. The summed E-state index contributed by atoms with van der Waals surface area (Å²) in [7, 11) is 0. The van der Waals surface area contributed by atoms with Gasteiger partial charge in [-0.1, -0.05) is 49.4 Å². The highest BCUT2D eigenvalue weighted by molar-refractivity contribution is 5.96. The summed E-state index contributed by atoms with van der Waals surface area (Å²) in [6.07, 6.45) is 5.34. The zero-order chi connectivity index (χ0) is 20.9. The fourth-order valence-electron chi connectivity index (χ4n) is 3.28. The Balaban J connectivity index is 1.67. The van der Waals surface area contributed by atoms with Crippen LogP contribution in [0, 0.1) is 6.07 Å². The van der Waals surface area contributed by atoms with Crippen molar-refractivity contribution in [1.82, 2.24) is 25.1 Å². The van der Waals surface area contributed by atoms with Crippen LogP contribution in [-0.4, -0.2) is 30.8 Å². The van der Waals surface area contributed by atoms with Crippen LogP contribution < -0.4 is 5.32 Å². The molecule has 1 atom stereocenters. The van der Waals surface area contributed by atoms with Gasteiger partial charge in [-0.2, -0.15) is 10.1 Å². The lowest BCUT2D eigenvalue weighted by molar-refractivity contribution is 0.0939. The van der Waals surface area contributed by atoms with Crippen LogP contribution in [0.3, 0.4) is 0 Å². The lowest BCUT2D eigenvalue weighted by Gasteiger charge is -2.22. The number of aromatic nitrogens is 4. The van der Waals surface area contributed by atoms with E-state index in [0.717, 1.165) is 23.1 Å². The lowest BCUT2D eigenvalue weighted by atomic mass is 9.93. The molecule has 0 aliphatic carbocycles. The van der Waals surface area contributed by atoms with E-state index >= 15 is 0 Å². The largest absolute Gasteiger partial charge is 0.493 e. The number of carbonyl (C=O) groups excluding carboxylic acids is 1. The minimum absolute atomic E-state index is 0.00945. The molecular weight excluding hydrogens is 378 g/mol. The molecule has 4 aromatic rings. The highest BCUT2D eigenvalue weighted by Crippen LogP contribution is 2.26. The zero-order valence-corrected chi connectivity index (χ0v) is 16.4. The van der Waals surface area contributed by atoms with E-state index in [0.29, 0.717) is 0 Å². The molecule has 149 valence electrons. The molecule has 2 aromatic carbocycles. The van der Waals surface area contributed by atoms with Gasteiger partial charge in [0.2, 0.25) is 5.88 Å². The van der Waals surface area contributed by atoms with Crippen molar-refractivity contribution in [2.75, 3.05) is 0 Å². The monoisotopic (exact) mass is 398 g/mol. The number of benzene rings is 2.